The van der Waals surface area contributed by atoms with Crippen molar-refractivity contribution in [2.75, 3.05) is 19.8 Å². The Balaban J connectivity index is 2.00. The highest BCUT2D eigenvalue weighted by atomic mass is 19.4. The second kappa shape index (κ2) is 10.7. The van der Waals surface area contributed by atoms with Crippen molar-refractivity contribution in [2.45, 2.75) is 88.3 Å². The summed E-state index contributed by atoms with van der Waals surface area (Å²) >= 11 is 0. The number of hydrogen-bond acceptors (Lipinski definition) is 2. The molecule has 1 rings (SSSR count). The Hall–Kier alpha value is -0.570. The molecule has 0 bridgehead atoms. The topological polar surface area (TPSA) is 18.5 Å². The third kappa shape index (κ3) is 7.58. The zero-order chi connectivity index (χ0) is 19.7. The molecule has 2 nitrogen and oxygen atoms in total. The van der Waals surface area contributed by atoms with Crippen LogP contribution in [0.1, 0.15) is 64.2 Å². The second-order valence-electron chi connectivity index (χ2n) is 6.71. The summed E-state index contributed by atoms with van der Waals surface area (Å²) in [7, 11) is 0. The first-order valence-corrected chi connectivity index (χ1v) is 9.09. The molecular formula is C17H27F7O2. The van der Waals surface area contributed by atoms with E-state index >= 15 is 0 Å². The SMILES string of the molecule is FC(F)(F)C(F)(F)C(F)(F)CCCCCCCCOCC1CCCCO1. The number of alkyl halides is 7. The molecule has 0 N–H and O–H groups in total. The number of rotatable bonds is 12. The Morgan fingerprint density at radius 2 is 1.42 bits per heavy atom. The molecule has 0 radical (unpaired) electrons. The molecule has 9 heteroatoms. The van der Waals surface area contributed by atoms with E-state index in [-0.39, 0.29) is 18.9 Å². The van der Waals surface area contributed by atoms with Gasteiger partial charge in [-0.1, -0.05) is 25.7 Å². The van der Waals surface area contributed by atoms with Gasteiger partial charge in [0.25, 0.3) is 0 Å². The van der Waals surface area contributed by atoms with Gasteiger partial charge in [-0.15, -0.1) is 0 Å². The number of halogens is 7. The van der Waals surface area contributed by atoms with Gasteiger partial charge >= 0.3 is 18.0 Å². The van der Waals surface area contributed by atoms with E-state index in [0.717, 1.165) is 38.7 Å². The minimum absolute atomic E-state index is 0.153. The van der Waals surface area contributed by atoms with Crippen LogP contribution in [0.25, 0.3) is 0 Å². The molecule has 0 aliphatic carbocycles. The minimum atomic E-state index is -6.24. The molecule has 0 aromatic carbocycles. The lowest BCUT2D eigenvalue weighted by molar-refractivity contribution is -0.355. The Labute approximate surface area is 149 Å². The first-order chi connectivity index (χ1) is 12.1. The average Bonchev–Trinajstić information content (AvgIpc) is 2.56. The molecule has 1 saturated heterocycles. The van der Waals surface area contributed by atoms with Crippen LogP contribution >= 0.6 is 0 Å². The molecule has 1 heterocycles. The van der Waals surface area contributed by atoms with Crippen molar-refractivity contribution < 1.29 is 40.2 Å². The van der Waals surface area contributed by atoms with Crippen LogP contribution in [0.15, 0.2) is 0 Å². The molecule has 1 atom stereocenters. The van der Waals surface area contributed by atoms with E-state index in [0.29, 0.717) is 26.1 Å². The van der Waals surface area contributed by atoms with Crippen LogP contribution in [-0.4, -0.2) is 43.9 Å². The Morgan fingerprint density at radius 1 is 0.808 bits per heavy atom. The van der Waals surface area contributed by atoms with Gasteiger partial charge in [0, 0.05) is 19.6 Å². The van der Waals surface area contributed by atoms with E-state index in [1.54, 1.807) is 0 Å². The zero-order valence-electron chi connectivity index (χ0n) is 14.7. The van der Waals surface area contributed by atoms with Gasteiger partial charge < -0.3 is 9.47 Å². The highest BCUT2D eigenvalue weighted by molar-refractivity contribution is 4.90. The van der Waals surface area contributed by atoms with Crippen molar-refractivity contribution in [2.24, 2.45) is 0 Å². The lowest BCUT2D eigenvalue weighted by Gasteiger charge is -2.28. The average molecular weight is 396 g/mol. The fraction of sp³-hybridized carbons (Fsp3) is 1.00. The van der Waals surface area contributed by atoms with E-state index in [1.807, 2.05) is 0 Å². The molecular weight excluding hydrogens is 369 g/mol. The molecule has 0 spiro atoms. The van der Waals surface area contributed by atoms with Crippen molar-refractivity contribution >= 4 is 0 Å². The third-order valence-corrected chi connectivity index (χ3v) is 4.42. The van der Waals surface area contributed by atoms with Crippen LogP contribution in [0.2, 0.25) is 0 Å². The van der Waals surface area contributed by atoms with E-state index in [2.05, 4.69) is 0 Å². The number of ether oxygens (including phenoxy) is 2. The molecule has 1 unspecified atom stereocenters. The van der Waals surface area contributed by atoms with Crippen molar-refractivity contribution in [1.29, 1.82) is 0 Å². The normalized spacial score (nSPS) is 19.7. The van der Waals surface area contributed by atoms with Gasteiger partial charge in [-0.05, 0) is 32.1 Å². The largest absolute Gasteiger partial charge is 0.459 e. The summed E-state index contributed by atoms with van der Waals surface area (Å²) in [5.74, 6) is -11.1. The Bertz CT molecular complexity index is 380. The quantitative estimate of drug-likeness (QED) is 0.292. The maximum atomic E-state index is 13.1. The molecule has 156 valence electrons. The fourth-order valence-electron chi connectivity index (χ4n) is 2.78. The molecule has 1 aliphatic rings. The molecule has 0 saturated carbocycles. The maximum Gasteiger partial charge on any atom is 0.459 e. The first kappa shape index (κ1) is 23.5. The van der Waals surface area contributed by atoms with Crippen molar-refractivity contribution in [3.8, 4) is 0 Å². The van der Waals surface area contributed by atoms with Gasteiger partial charge in [0.15, 0.2) is 0 Å². The molecule has 26 heavy (non-hydrogen) atoms. The van der Waals surface area contributed by atoms with Gasteiger partial charge in [-0.3, -0.25) is 0 Å². The van der Waals surface area contributed by atoms with E-state index in [4.69, 9.17) is 9.47 Å². The summed E-state index contributed by atoms with van der Waals surface area (Å²) in [5, 5.41) is 0. The van der Waals surface area contributed by atoms with Gasteiger partial charge in [0.05, 0.1) is 12.7 Å². The predicted molar refractivity (Wildman–Crippen MR) is 82.7 cm³/mol. The lowest BCUT2D eigenvalue weighted by atomic mass is 10.0. The first-order valence-electron chi connectivity index (χ1n) is 9.09. The lowest BCUT2D eigenvalue weighted by Crippen LogP contribution is -2.51. The van der Waals surface area contributed by atoms with E-state index < -0.39 is 24.4 Å². The monoisotopic (exact) mass is 396 g/mol. The Kier molecular flexibility index (Phi) is 9.64. The highest BCUT2D eigenvalue weighted by Crippen LogP contribution is 2.48. The van der Waals surface area contributed by atoms with Crippen LogP contribution in [0.3, 0.4) is 0 Å². The molecule has 1 aliphatic heterocycles. The number of unbranched alkanes of at least 4 members (excludes halogenated alkanes) is 5. The summed E-state index contributed by atoms with van der Waals surface area (Å²) in [4.78, 5) is 0. The van der Waals surface area contributed by atoms with Crippen LogP contribution in [0, 0.1) is 0 Å². The van der Waals surface area contributed by atoms with Crippen LogP contribution in [0.5, 0.6) is 0 Å². The summed E-state index contributed by atoms with van der Waals surface area (Å²) in [6, 6.07) is 0. The van der Waals surface area contributed by atoms with Crippen LogP contribution in [-0.2, 0) is 9.47 Å². The minimum Gasteiger partial charge on any atom is -0.379 e. The molecule has 0 amide bonds. The smallest absolute Gasteiger partial charge is 0.379 e. The fourth-order valence-corrected chi connectivity index (χ4v) is 2.78. The summed E-state index contributed by atoms with van der Waals surface area (Å²) in [6.07, 6.45) is -1.71. The van der Waals surface area contributed by atoms with Gasteiger partial charge in [0.1, 0.15) is 0 Å². The standard InChI is InChI=1S/C17H27F7O2/c18-15(19,16(20,21)17(22,23)24)10-6-3-1-2-4-7-11-25-13-14-9-5-8-12-26-14/h14H,1-13H2. The highest BCUT2D eigenvalue weighted by Gasteiger charge is 2.72. The summed E-state index contributed by atoms with van der Waals surface area (Å²) < 4.78 is 98.5. The van der Waals surface area contributed by atoms with E-state index in [1.165, 1.54) is 0 Å². The van der Waals surface area contributed by atoms with Crippen LogP contribution in [0.4, 0.5) is 30.7 Å². The van der Waals surface area contributed by atoms with Gasteiger partial charge in [-0.2, -0.15) is 30.7 Å². The van der Waals surface area contributed by atoms with Crippen molar-refractivity contribution in [1.82, 2.24) is 0 Å². The van der Waals surface area contributed by atoms with Crippen LogP contribution < -0.4 is 0 Å². The summed E-state index contributed by atoms with van der Waals surface area (Å²) in [5.41, 5.74) is 0. The zero-order valence-corrected chi connectivity index (χ0v) is 14.7. The van der Waals surface area contributed by atoms with Gasteiger partial charge in [0.2, 0.25) is 0 Å². The summed E-state index contributed by atoms with van der Waals surface area (Å²) in [6.45, 7) is 1.89. The molecule has 1 fully saturated rings. The van der Waals surface area contributed by atoms with Gasteiger partial charge in [-0.25, -0.2) is 0 Å². The van der Waals surface area contributed by atoms with Crippen molar-refractivity contribution in [3.05, 3.63) is 0 Å². The van der Waals surface area contributed by atoms with E-state index in [9.17, 15) is 30.7 Å². The van der Waals surface area contributed by atoms with Crippen molar-refractivity contribution in [3.63, 3.8) is 0 Å². The third-order valence-electron chi connectivity index (χ3n) is 4.42. The molecule has 0 aromatic rings. The Morgan fingerprint density at radius 3 is 2.00 bits per heavy atom. The predicted octanol–water partition coefficient (Wildman–Crippen LogP) is 6.14. The molecule has 0 aromatic heterocycles. The second-order valence-corrected chi connectivity index (χ2v) is 6.71. The number of hydrogen-bond donors (Lipinski definition) is 0. The maximum absolute atomic E-state index is 13.1.